The zero-order valence-corrected chi connectivity index (χ0v) is 18.2. The lowest BCUT2D eigenvalue weighted by molar-refractivity contribution is 0.625. The number of hydrogen-bond acceptors (Lipinski definition) is 6. The minimum atomic E-state index is -2.26. The van der Waals surface area contributed by atoms with Gasteiger partial charge < -0.3 is 10.6 Å². The van der Waals surface area contributed by atoms with Gasteiger partial charge in [-0.25, -0.2) is 0 Å². The molecule has 1 aromatic carbocycles. The molecule has 2 aliphatic heterocycles. The van der Waals surface area contributed by atoms with Gasteiger partial charge in [-0.15, -0.1) is 0 Å². The summed E-state index contributed by atoms with van der Waals surface area (Å²) in [5, 5.41) is 6.65. The molecule has 6 nitrogen and oxygen atoms in total. The Hall–Kier alpha value is -3.88. The lowest BCUT2D eigenvalue weighted by Crippen LogP contribution is -2.10. The van der Waals surface area contributed by atoms with Gasteiger partial charge in [0.1, 0.15) is 0 Å². The molecule has 0 fully saturated rings. The standard InChI is InChI=1S/C24H16N2O4S2/c27-31(28)17-5-1-15(2-6-17)19-11-13-25-23-21(19)9-10-22-20(12-14-26-24(22)23)16-3-7-18(8-4-16)32(29)30/h1-14,25-26H. The molecule has 158 valence electrons. The van der Waals surface area contributed by atoms with Crippen LogP contribution in [0.4, 0.5) is 11.4 Å². The number of nitrogens with one attached hydrogen (secondary N) is 2. The van der Waals surface area contributed by atoms with Crippen LogP contribution in [0.3, 0.4) is 0 Å². The molecule has 2 N–H and O–H groups in total. The van der Waals surface area contributed by atoms with Crippen LogP contribution in [0.5, 0.6) is 0 Å². The number of benzene rings is 1. The molecule has 0 saturated heterocycles. The van der Waals surface area contributed by atoms with Crippen molar-refractivity contribution in [1.29, 1.82) is 0 Å². The Morgan fingerprint density at radius 1 is 0.500 bits per heavy atom. The second-order valence-electron chi connectivity index (χ2n) is 7.21. The van der Waals surface area contributed by atoms with Gasteiger partial charge in [-0.2, -0.15) is 16.8 Å². The monoisotopic (exact) mass is 460 g/mol. The molecule has 0 saturated carbocycles. The molecular weight excluding hydrogens is 444 g/mol. The summed E-state index contributed by atoms with van der Waals surface area (Å²) in [5.74, 6) is 0. The predicted octanol–water partition coefficient (Wildman–Crippen LogP) is 3.43. The summed E-state index contributed by atoms with van der Waals surface area (Å²) in [6.07, 6.45) is 21.2. The Bertz CT molecular complexity index is 1430. The molecule has 5 rings (SSSR count). The van der Waals surface area contributed by atoms with Crippen molar-refractivity contribution in [1.82, 2.24) is 0 Å². The van der Waals surface area contributed by atoms with Crippen LogP contribution in [0.1, 0.15) is 11.1 Å². The molecule has 8 heteroatoms. The van der Waals surface area contributed by atoms with Gasteiger partial charge in [0.05, 0.1) is 21.1 Å². The maximum atomic E-state index is 11.2. The molecule has 0 aromatic heterocycles. The lowest BCUT2D eigenvalue weighted by Gasteiger charge is -2.26. The molecule has 32 heavy (non-hydrogen) atoms. The Kier molecular flexibility index (Phi) is 5.01. The second-order valence-corrected chi connectivity index (χ2v) is 9.09. The highest BCUT2D eigenvalue weighted by Gasteiger charge is 2.22. The number of anilines is 2. The van der Waals surface area contributed by atoms with E-state index in [-0.39, 0.29) is 9.73 Å². The van der Waals surface area contributed by atoms with Gasteiger partial charge in [-0.1, -0.05) is 36.4 Å². The van der Waals surface area contributed by atoms with E-state index in [1.807, 2.05) is 36.7 Å². The number of allylic oxidation sites excluding steroid dienone is 14. The van der Waals surface area contributed by atoms with Gasteiger partial charge in [-0.05, 0) is 58.7 Å². The van der Waals surface area contributed by atoms with Gasteiger partial charge in [-0.3, -0.25) is 0 Å². The highest BCUT2D eigenvalue weighted by Crippen LogP contribution is 2.44. The molecule has 4 aliphatic rings. The van der Waals surface area contributed by atoms with Crippen molar-refractivity contribution in [3.63, 3.8) is 0 Å². The van der Waals surface area contributed by atoms with E-state index in [1.165, 1.54) is 0 Å². The van der Waals surface area contributed by atoms with Crippen molar-refractivity contribution < 1.29 is 16.8 Å². The van der Waals surface area contributed by atoms with E-state index >= 15 is 0 Å². The van der Waals surface area contributed by atoms with Crippen LogP contribution in [-0.2, 0) is 20.6 Å². The van der Waals surface area contributed by atoms with Gasteiger partial charge in [0.2, 0.25) is 20.6 Å². The van der Waals surface area contributed by atoms with Crippen molar-refractivity contribution in [3.8, 4) is 0 Å². The fourth-order valence-corrected chi connectivity index (χ4v) is 4.66. The Morgan fingerprint density at radius 2 is 0.875 bits per heavy atom. The van der Waals surface area contributed by atoms with Gasteiger partial charge in [0, 0.05) is 23.5 Å². The molecular formula is C24H16N2O4S2. The molecule has 0 amide bonds. The molecule has 0 unspecified atom stereocenters. The number of fused-ring (bicyclic) bond motifs is 3. The lowest BCUT2D eigenvalue weighted by atomic mass is 9.88. The van der Waals surface area contributed by atoms with E-state index in [0.717, 1.165) is 44.8 Å². The number of rotatable bonds is 0. The zero-order chi connectivity index (χ0) is 22.2. The zero-order valence-electron chi connectivity index (χ0n) is 16.5. The maximum absolute atomic E-state index is 11.2. The van der Waals surface area contributed by atoms with Crippen molar-refractivity contribution in [2.24, 2.45) is 0 Å². The highest BCUT2D eigenvalue weighted by atomic mass is 32.2. The first-order valence-electron chi connectivity index (χ1n) is 9.70. The summed E-state index contributed by atoms with van der Waals surface area (Å²) in [6, 6.07) is 4.06. The highest BCUT2D eigenvalue weighted by molar-refractivity contribution is 7.74. The molecule has 2 aliphatic carbocycles. The maximum Gasteiger partial charge on any atom is 0.221 e. The van der Waals surface area contributed by atoms with Crippen LogP contribution in [-0.4, -0.2) is 26.6 Å². The average Bonchev–Trinajstić information content (AvgIpc) is 2.83. The average molecular weight is 461 g/mol. The van der Waals surface area contributed by atoms with Crippen molar-refractivity contribution in [2.75, 3.05) is 10.6 Å². The molecule has 0 spiro atoms. The van der Waals surface area contributed by atoms with E-state index in [1.54, 1.807) is 48.6 Å². The largest absolute Gasteiger partial charge is 0.359 e. The molecule has 1 aromatic rings. The summed E-state index contributed by atoms with van der Waals surface area (Å²) in [6.45, 7) is 0. The molecule has 0 atom stereocenters. The van der Waals surface area contributed by atoms with Crippen LogP contribution < -0.4 is 10.6 Å². The van der Waals surface area contributed by atoms with E-state index in [0.29, 0.717) is 0 Å². The summed E-state index contributed by atoms with van der Waals surface area (Å²) in [5.41, 5.74) is 7.58. The quantitative estimate of drug-likeness (QED) is 0.577. The SMILES string of the molecule is O=S(=O)=C1C=CC(=C2C=CNc3c2ccc2c3NC=CC2=C2C=CC(=S(=O)=O)C=C2)C=C1. The third kappa shape index (κ3) is 3.45. The van der Waals surface area contributed by atoms with Crippen LogP contribution in [0.15, 0.2) is 96.4 Å². The normalized spacial score (nSPS) is 17.9. The molecule has 0 radical (unpaired) electrons. The van der Waals surface area contributed by atoms with E-state index in [9.17, 15) is 16.8 Å². The first-order valence-corrected chi connectivity index (χ1v) is 11.8. The summed E-state index contributed by atoms with van der Waals surface area (Å²) in [4.78, 5) is 0.492. The van der Waals surface area contributed by atoms with E-state index in [4.69, 9.17) is 0 Å². The Balaban J connectivity index is 1.63. The van der Waals surface area contributed by atoms with Gasteiger partial charge in [0.15, 0.2) is 0 Å². The van der Waals surface area contributed by atoms with E-state index < -0.39 is 20.6 Å². The van der Waals surface area contributed by atoms with Gasteiger partial charge in [0.25, 0.3) is 0 Å². The topological polar surface area (TPSA) is 92.3 Å². The van der Waals surface area contributed by atoms with Crippen molar-refractivity contribution >= 4 is 52.8 Å². The summed E-state index contributed by atoms with van der Waals surface area (Å²) >= 11 is 0. The Labute approximate surface area is 187 Å². The van der Waals surface area contributed by atoms with E-state index in [2.05, 4.69) is 10.6 Å². The third-order valence-corrected chi connectivity index (χ3v) is 6.77. The van der Waals surface area contributed by atoms with Crippen LogP contribution >= 0.6 is 0 Å². The fourth-order valence-electron chi connectivity index (χ4n) is 3.94. The first-order chi connectivity index (χ1) is 15.5. The molecule has 0 bridgehead atoms. The van der Waals surface area contributed by atoms with Gasteiger partial charge >= 0.3 is 0 Å². The first kappa shape index (κ1) is 20.0. The van der Waals surface area contributed by atoms with Crippen molar-refractivity contribution in [2.45, 2.75) is 0 Å². The smallest absolute Gasteiger partial charge is 0.221 e. The van der Waals surface area contributed by atoms with Crippen LogP contribution in [0, 0.1) is 0 Å². The van der Waals surface area contributed by atoms with Crippen LogP contribution in [0.2, 0.25) is 0 Å². The predicted molar refractivity (Wildman–Crippen MR) is 130 cm³/mol. The number of hydrogen-bond donors (Lipinski definition) is 2. The minimum absolute atomic E-state index is 0.246. The van der Waals surface area contributed by atoms with Crippen LogP contribution in [0.25, 0.3) is 11.1 Å². The summed E-state index contributed by atoms with van der Waals surface area (Å²) in [7, 11) is -4.52. The summed E-state index contributed by atoms with van der Waals surface area (Å²) < 4.78 is 44.7. The fraction of sp³-hybridized carbons (Fsp3) is 0. The van der Waals surface area contributed by atoms with Crippen molar-refractivity contribution in [3.05, 3.63) is 108 Å². The second kappa shape index (κ2) is 7.99. The third-order valence-electron chi connectivity index (χ3n) is 5.46. The minimum Gasteiger partial charge on any atom is -0.359 e. The molecule has 2 heterocycles. The Morgan fingerprint density at radius 3 is 1.22 bits per heavy atom.